The van der Waals surface area contributed by atoms with E-state index in [-0.39, 0.29) is 17.8 Å². The van der Waals surface area contributed by atoms with Crippen LogP contribution in [0.25, 0.3) is 0 Å². The van der Waals surface area contributed by atoms with Gasteiger partial charge >= 0.3 is 0 Å². The van der Waals surface area contributed by atoms with Gasteiger partial charge in [-0.3, -0.25) is 4.79 Å². The first kappa shape index (κ1) is 12.4. The number of benzene rings is 1. The summed E-state index contributed by atoms with van der Waals surface area (Å²) in [5.41, 5.74) is 5.43. The number of hydrogen-bond donors (Lipinski definition) is 2. The summed E-state index contributed by atoms with van der Waals surface area (Å²) in [5, 5.41) is 2.63. The summed E-state index contributed by atoms with van der Waals surface area (Å²) in [6.07, 6.45) is 4.60. The molecule has 2 fully saturated rings. The fourth-order valence-corrected chi connectivity index (χ4v) is 1.96. The summed E-state index contributed by atoms with van der Waals surface area (Å²) in [5.74, 6) is -0.456. The number of carbonyl (C=O) groups excluding carboxylic acids is 1. The van der Waals surface area contributed by atoms with Crippen LogP contribution in [0.4, 0.5) is 10.1 Å². The zero-order valence-corrected chi connectivity index (χ0v) is 10.6. The molecule has 1 aromatic carbocycles. The van der Waals surface area contributed by atoms with Gasteiger partial charge in [0.2, 0.25) is 5.91 Å². The van der Waals surface area contributed by atoms with Gasteiger partial charge in [-0.1, -0.05) is 0 Å². The Bertz CT molecular complexity index is 510. The highest BCUT2D eigenvalue weighted by molar-refractivity contribution is 6.00. The highest BCUT2D eigenvalue weighted by Gasteiger charge is 2.45. The van der Waals surface area contributed by atoms with Crippen LogP contribution in [0.2, 0.25) is 0 Å². The minimum absolute atomic E-state index is 0.133. The van der Waals surface area contributed by atoms with E-state index < -0.39 is 11.4 Å². The Morgan fingerprint density at radius 1 is 1.42 bits per heavy atom. The second kappa shape index (κ2) is 4.49. The van der Waals surface area contributed by atoms with Crippen molar-refractivity contribution in [1.29, 1.82) is 0 Å². The topological polar surface area (TPSA) is 64.4 Å². The molecule has 0 saturated heterocycles. The van der Waals surface area contributed by atoms with Crippen molar-refractivity contribution in [2.45, 2.75) is 43.7 Å². The SMILES string of the molecule is NC1(C(=O)Nc2ccc(OC3CCC3)c(F)c2)CC1. The zero-order valence-electron chi connectivity index (χ0n) is 10.6. The zero-order chi connectivity index (χ0) is 13.5. The number of halogens is 1. The maximum atomic E-state index is 13.8. The van der Waals surface area contributed by atoms with Gasteiger partial charge in [-0.25, -0.2) is 4.39 Å². The smallest absolute Gasteiger partial charge is 0.244 e. The first-order chi connectivity index (χ1) is 9.07. The average Bonchev–Trinajstić information content (AvgIpc) is 3.05. The summed E-state index contributed by atoms with van der Waals surface area (Å²) >= 11 is 0. The van der Waals surface area contributed by atoms with Crippen LogP contribution in [-0.2, 0) is 4.79 Å². The molecule has 19 heavy (non-hydrogen) atoms. The first-order valence-corrected chi connectivity index (χ1v) is 6.63. The van der Waals surface area contributed by atoms with Crippen molar-refractivity contribution in [2.75, 3.05) is 5.32 Å². The normalized spacial score (nSPS) is 20.5. The van der Waals surface area contributed by atoms with Gasteiger partial charge in [0.05, 0.1) is 11.6 Å². The molecule has 2 saturated carbocycles. The highest BCUT2D eigenvalue weighted by atomic mass is 19.1. The van der Waals surface area contributed by atoms with Crippen molar-refractivity contribution in [3.05, 3.63) is 24.0 Å². The molecule has 1 aromatic rings. The van der Waals surface area contributed by atoms with Gasteiger partial charge in [0.15, 0.2) is 11.6 Å². The van der Waals surface area contributed by atoms with Crippen molar-refractivity contribution in [3.8, 4) is 5.75 Å². The Labute approximate surface area is 111 Å². The van der Waals surface area contributed by atoms with Crippen LogP contribution in [0.15, 0.2) is 18.2 Å². The fraction of sp³-hybridized carbons (Fsp3) is 0.500. The molecule has 0 aliphatic heterocycles. The predicted molar refractivity (Wildman–Crippen MR) is 69.4 cm³/mol. The van der Waals surface area contributed by atoms with E-state index in [0.717, 1.165) is 19.3 Å². The molecule has 2 aliphatic carbocycles. The molecule has 3 N–H and O–H groups in total. The Hall–Kier alpha value is -1.62. The fourth-order valence-electron chi connectivity index (χ4n) is 1.96. The molecule has 5 heteroatoms. The standard InChI is InChI=1S/C14H17FN2O2/c15-11-8-9(17-13(18)14(16)6-7-14)4-5-12(11)19-10-2-1-3-10/h4-5,8,10H,1-3,6-7,16H2,(H,17,18). The molecule has 0 aromatic heterocycles. The Kier molecular flexibility index (Phi) is 2.93. The predicted octanol–water partition coefficient (Wildman–Crippen LogP) is 2.19. The van der Waals surface area contributed by atoms with Crippen molar-refractivity contribution in [1.82, 2.24) is 0 Å². The molecule has 4 nitrogen and oxygen atoms in total. The van der Waals surface area contributed by atoms with E-state index in [1.165, 1.54) is 6.07 Å². The lowest BCUT2D eigenvalue weighted by molar-refractivity contribution is -0.118. The number of amides is 1. The largest absolute Gasteiger partial charge is 0.487 e. The lowest BCUT2D eigenvalue weighted by atomic mass is 9.96. The molecule has 0 radical (unpaired) electrons. The number of nitrogens with two attached hydrogens (primary N) is 1. The summed E-state index contributed by atoms with van der Waals surface area (Å²) in [4.78, 5) is 11.7. The summed E-state index contributed by atoms with van der Waals surface area (Å²) in [7, 11) is 0. The van der Waals surface area contributed by atoms with E-state index in [2.05, 4.69) is 5.32 Å². The van der Waals surface area contributed by atoms with E-state index in [0.29, 0.717) is 18.5 Å². The highest BCUT2D eigenvalue weighted by Crippen LogP contribution is 2.34. The molecular weight excluding hydrogens is 247 g/mol. The Balaban J connectivity index is 1.66. The molecule has 0 atom stereocenters. The number of hydrogen-bond acceptors (Lipinski definition) is 3. The van der Waals surface area contributed by atoms with E-state index in [4.69, 9.17) is 10.5 Å². The van der Waals surface area contributed by atoms with Crippen molar-refractivity contribution in [3.63, 3.8) is 0 Å². The summed E-state index contributed by atoms with van der Waals surface area (Å²) in [6, 6.07) is 4.47. The number of nitrogens with one attached hydrogen (secondary N) is 1. The molecule has 0 heterocycles. The number of ether oxygens (including phenoxy) is 1. The van der Waals surface area contributed by atoms with Gasteiger partial charge in [0.1, 0.15) is 0 Å². The lowest BCUT2D eigenvalue weighted by Crippen LogP contribution is -2.37. The van der Waals surface area contributed by atoms with Crippen molar-refractivity contribution < 1.29 is 13.9 Å². The van der Waals surface area contributed by atoms with Crippen LogP contribution in [0, 0.1) is 5.82 Å². The minimum Gasteiger partial charge on any atom is -0.487 e. The number of carbonyl (C=O) groups is 1. The molecule has 0 bridgehead atoms. The molecular formula is C14H17FN2O2. The minimum atomic E-state index is -0.752. The number of anilines is 1. The van der Waals surface area contributed by atoms with Crippen LogP contribution >= 0.6 is 0 Å². The van der Waals surface area contributed by atoms with Crippen LogP contribution in [-0.4, -0.2) is 17.6 Å². The maximum absolute atomic E-state index is 13.8. The van der Waals surface area contributed by atoms with Crippen LogP contribution in [0.3, 0.4) is 0 Å². The van der Waals surface area contributed by atoms with Gasteiger partial charge < -0.3 is 15.8 Å². The molecule has 102 valence electrons. The van der Waals surface area contributed by atoms with Crippen molar-refractivity contribution in [2.24, 2.45) is 5.73 Å². The quantitative estimate of drug-likeness (QED) is 0.876. The lowest BCUT2D eigenvalue weighted by Gasteiger charge is -2.26. The molecule has 2 aliphatic rings. The van der Waals surface area contributed by atoms with E-state index in [1.807, 2.05) is 0 Å². The van der Waals surface area contributed by atoms with Crippen molar-refractivity contribution >= 4 is 11.6 Å². The third kappa shape index (κ3) is 2.56. The maximum Gasteiger partial charge on any atom is 0.244 e. The molecule has 0 unspecified atom stereocenters. The van der Waals surface area contributed by atoms with E-state index >= 15 is 0 Å². The first-order valence-electron chi connectivity index (χ1n) is 6.63. The second-order valence-corrected chi connectivity index (χ2v) is 5.43. The molecule has 1 amide bonds. The van der Waals surface area contributed by atoms with E-state index in [9.17, 15) is 9.18 Å². The van der Waals surface area contributed by atoms with Crippen LogP contribution in [0.1, 0.15) is 32.1 Å². The van der Waals surface area contributed by atoms with Gasteiger partial charge in [-0.05, 0) is 44.2 Å². The summed E-state index contributed by atoms with van der Waals surface area (Å²) in [6.45, 7) is 0. The monoisotopic (exact) mass is 264 g/mol. The second-order valence-electron chi connectivity index (χ2n) is 5.43. The van der Waals surface area contributed by atoms with Gasteiger partial charge in [0, 0.05) is 11.8 Å². The third-order valence-electron chi connectivity index (χ3n) is 3.78. The Morgan fingerprint density at radius 2 is 2.16 bits per heavy atom. The summed E-state index contributed by atoms with van der Waals surface area (Å²) < 4.78 is 19.3. The molecule has 3 rings (SSSR count). The average molecular weight is 264 g/mol. The van der Waals surface area contributed by atoms with Gasteiger partial charge in [0.25, 0.3) is 0 Å². The van der Waals surface area contributed by atoms with Gasteiger partial charge in [-0.15, -0.1) is 0 Å². The van der Waals surface area contributed by atoms with E-state index in [1.54, 1.807) is 12.1 Å². The van der Waals surface area contributed by atoms with Gasteiger partial charge in [-0.2, -0.15) is 0 Å². The van der Waals surface area contributed by atoms with Crippen LogP contribution in [0.5, 0.6) is 5.75 Å². The third-order valence-corrected chi connectivity index (χ3v) is 3.78. The molecule has 0 spiro atoms. The number of rotatable bonds is 4. The Morgan fingerprint density at radius 3 is 2.68 bits per heavy atom. The van der Waals surface area contributed by atoms with Crippen LogP contribution < -0.4 is 15.8 Å².